The van der Waals surface area contributed by atoms with Gasteiger partial charge in [-0.05, 0) is 122 Å². The molecular formula is C40H58O4Zn. The summed E-state index contributed by atoms with van der Waals surface area (Å²) in [6.45, 7) is 17.7. The molecule has 4 nitrogen and oxygen atoms in total. The number of carboxylic acid groups (broad SMARTS) is 2. The van der Waals surface area contributed by atoms with Crippen LogP contribution < -0.4 is 10.2 Å². The van der Waals surface area contributed by atoms with Crippen LogP contribution in [0.2, 0.25) is 0 Å². The molecule has 0 N–H and O–H groups in total. The maximum absolute atomic E-state index is 11.8. The van der Waals surface area contributed by atoms with Gasteiger partial charge in [0.2, 0.25) is 0 Å². The standard InChI is InChI=1S/2C20H30O2.Zn/c2*1-13(2)14-6-8-16-15(12-14)7-9-17-19(16,3)10-5-11-20(17,4)18(21)22;/h2*7,12-13,16-17H,5-6,8-11H2,1-4H3,(H,21,22);/q;;+2/p-2/t2*16-,17?,19+,20+;/m00./s1. The average molecular weight is 668 g/mol. The zero-order chi connectivity index (χ0) is 32.2. The van der Waals surface area contributed by atoms with Crippen molar-refractivity contribution in [2.24, 2.45) is 57.2 Å². The summed E-state index contributed by atoms with van der Waals surface area (Å²) >= 11 is 0. The van der Waals surface area contributed by atoms with Crippen molar-refractivity contribution in [1.82, 2.24) is 0 Å². The second-order valence-corrected chi connectivity index (χ2v) is 17.0. The fraction of sp³-hybridized carbons (Fsp3) is 0.750. The first-order valence-corrected chi connectivity index (χ1v) is 17.8. The number of carbonyl (C=O) groups excluding carboxylic acids is 2. The van der Waals surface area contributed by atoms with E-state index in [1.165, 1.54) is 36.8 Å². The van der Waals surface area contributed by atoms with Crippen LogP contribution >= 0.6 is 0 Å². The summed E-state index contributed by atoms with van der Waals surface area (Å²) in [6, 6.07) is 0. The first-order chi connectivity index (χ1) is 20.6. The number of hydrogen-bond donors (Lipinski definition) is 0. The van der Waals surface area contributed by atoms with E-state index in [0.717, 1.165) is 51.4 Å². The average Bonchev–Trinajstić information content (AvgIpc) is 2.96. The zero-order valence-electron chi connectivity index (χ0n) is 29.6. The van der Waals surface area contributed by atoms with Crippen molar-refractivity contribution in [2.45, 2.75) is 132 Å². The normalized spacial score (nSPS) is 40.4. The first-order valence-electron chi connectivity index (χ1n) is 17.8. The summed E-state index contributed by atoms with van der Waals surface area (Å²) in [7, 11) is 0. The fourth-order valence-electron chi connectivity index (χ4n) is 11.2. The van der Waals surface area contributed by atoms with Crippen LogP contribution in [-0.4, -0.2) is 11.9 Å². The molecule has 0 aromatic rings. The van der Waals surface area contributed by atoms with Crippen molar-refractivity contribution in [2.75, 3.05) is 0 Å². The summed E-state index contributed by atoms with van der Waals surface area (Å²) in [5.41, 5.74) is 5.01. The molecule has 0 spiro atoms. The van der Waals surface area contributed by atoms with E-state index in [4.69, 9.17) is 0 Å². The Bertz CT molecular complexity index is 1190. The number of fused-ring (bicyclic) bond motifs is 6. The van der Waals surface area contributed by atoms with E-state index in [0.29, 0.717) is 23.7 Å². The van der Waals surface area contributed by atoms with Crippen molar-refractivity contribution in [3.05, 3.63) is 46.6 Å². The molecular weight excluding hydrogens is 610 g/mol. The molecule has 0 saturated heterocycles. The van der Waals surface area contributed by atoms with Crippen LogP contribution in [0.3, 0.4) is 0 Å². The number of aliphatic carboxylic acids is 2. The maximum atomic E-state index is 11.8. The van der Waals surface area contributed by atoms with Gasteiger partial charge in [0.25, 0.3) is 0 Å². The van der Waals surface area contributed by atoms with Crippen molar-refractivity contribution >= 4 is 11.9 Å². The zero-order valence-corrected chi connectivity index (χ0v) is 32.6. The van der Waals surface area contributed by atoms with Crippen LogP contribution in [0, 0.1) is 57.2 Å². The SMILES string of the molecule is CC(C)C1=CC2=CCC3[C@](C)(C(=O)[O-])CCC[C@]3(C)[C@H]2CC1.CC(C)C1=CC2=CCC3[C@](C)(C(=O)[O-])CCC[C@]3(C)[C@H]2CC1.[Zn+2]. The molecule has 2 unspecified atom stereocenters. The third-order valence-electron chi connectivity index (χ3n) is 14.1. The molecule has 45 heavy (non-hydrogen) atoms. The predicted octanol–water partition coefficient (Wildman–Crippen LogP) is 7.74. The summed E-state index contributed by atoms with van der Waals surface area (Å²) < 4.78 is 0. The van der Waals surface area contributed by atoms with Crippen LogP contribution in [0.1, 0.15) is 132 Å². The monoisotopic (exact) mass is 666 g/mol. The van der Waals surface area contributed by atoms with Gasteiger partial charge in [0, 0.05) is 22.8 Å². The minimum absolute atomic E-state index is 0. The van der Waals surface area contributed by atoms with Gasteiger partial charge in [0.1, 0.15) is 0 Å². The maximum Gasteiger partial charge on any atom is 2.00 e. The summed E-state index contributed by atoms with van der Waals surface area (Å²) in [6.07, 6.45) is 21.9. The van der Waals surface area contributed by atoms with Crippen molar-refractivity contribution < 1.29 is 39.3 Å². The van der Waals surface area contributed by atoms with Crippen LogP contribution in [0.5, 0.6) is 0 Å². The van der Waals surface area contributed by atoms with Crippen molar-refractivity contribution in [3.8, 4) is 0 Å². The Kier molecular flexibility index (Phi) is 10.7. The van der Waals surface area contributed by atoms with Crippen LogP contribution in [0.25, 0.3) is 0 Å². The van der Waals surface area contributed by atoms with Gasteiger partial charge in [0.15, 0.2) is 0 Å². The number of carboxylic acids is 2. The molecule has 2 fully saturated rings. The summed E-state index contributed by atoms with van der Waals surface area (Å²) in [5.74, 6) is 1.08. The number of allylic oxidation sites excluding steroid dienone is 8. The van der Waals surface area contributed by atoms with Crippen LogP contribution in [0.4, 0.5) is 0 Å². The summed E-state index contributed by atoms with van der Waals surface area (Å²) in [4.78, 5) is 23.7. The molecule has 5 heteroatoms. The molecule has 244 valence electrons. The molecule has 2 saturated carbocycles. The number of carbonyl (C=O) groups is 2. The second-order valence-electron chi connectivity index (χ2n) is 17.0. The van der Waals surface area contributed by atoms with Gasteiger partial charge in [-0.3, -0.25) is 0 Å². The van der Waals surface area contributed by atoms with E-state index in [1.54, 1.807) is 11.1 Å². The number of hydrogen-bond acceptors (Lipinski definition) is 4. The largest absolute Gasteiger partial charge is 2.00 e. The Morgan fingerprint density at radius 3 is 1.33 bits per heavy atom. The summed E-state index contributed by atoms with van der Waals surface area (Å²) in [5, 5.41) is 23.7. The van der Waals surface area contributed by atoms with Crippen LogP contribution in [0.15, 0.2) is 46.6 Å². The number of rotatable bonds is 4. The van der Waals surface area contributed by atoms with Gasteiger partial charge in [-0.25, -0.2) is 0 Å². The third kappa shape index (κ3) is 6.15. The molecule has 0 aromatic carbocycles. The molecule has 0 bridgehead atoms. The van der Waals surface area contributed by atoms with E-state index in [2.05, 4.69) is 65.8 Å². The van der Waals surface area contributed by atoms with E-state index < -0.39 is 22.8 Å². The van der Waals surface area contributed by atoms with Gasteiger partial charge in [-0.2, -0.15) is 0 Å². The topological polar surface area (TPSA) is 80.3 Å². The predicted molar refractivity (Wildman–Crippen MR) is 174 cm³/mol. The minimum atomic E-state index is -0.838. The van der Waals surface area contributed by atoms with Gasteiger partial charge >= 0.3 is 19.5 Å². The molecule has 6 aliphatic rings. The Balaban J connectivity index is 0.000000200. The van der Waals surface area contributed by atoms with Crippen molar-refractivity contribution in [3.63, 3.8) is 0 Å². The smallest absolute Gasteiger partial charge is 0.550 e. The van der Waals surface area contributed by atoms with Crippen LogP contribution in [-0.2, 0) is 29.1 Å². The molecule has 0 aliphatic heterocycles. The van der Waals surface area contributed by atoms with Gasteiger partial charge in [0.05, 0.1) is 0 Å². The quantitative estimate of drug-likeness (QED) is 0.287. The third-order valence-corrected chi connectivity index (χ3v) is 14.1. The van der Waals surface area contributed by atoms with Crippen molar-refractivity contribution in [1.29, 1.82) is 0 Å². The van der Waals surface area contributed by atoms with E-state index in [9.17, 15) is 19.8 Å². The first kappa shape index (κ1) is 36.4. The minimum Gasteiger partial charge on any atom is -0.550 e. The molecule has 6 aliphatic carbocycles. The van der Waals surface area contributed by atoms with Gasteiger partial charge in [-0.15, -0.1) is 0 Å². The fourth-order valence-corrected chi connectivity index (χ4v) is 11.2. The molecule has 8 atom stereocenters. The molecule has 0 radical (unpaired) electrons. The Labute approximate surface area is 286 Å². The Morgan fingerprint density at radius 1 is 0.667 bits per heavy atom. The molecule has 0 amide bonds. The molecule has 6 rings (SSSR count). The molecule has 0 aromatic heterocycles. The Morgan fingerprint density at radius 2 is 1.02 bits per heavy atom. The van der Waals surface area contributed by atoms with Gasteiger partial charge in [-0.1, -0.05) is 104 Å². The molecule has 0 heterocycles. The van der Waals surface area contributed by atoms with E-state index in [-0.39, 0.29) is 42.1 Å². The second kappa shape index (κ2) is 13.2. The van der Waals surface area contributed by atoms with E-state index >= 15 is 0 Å². The Hall–Kier alpha value is -1.48. The van der Waals surface area contributed by atoms with Gasteiger partial charge < -0.3 is 19.8 Å². The van der Waals surface area contributed by atoms with E-state index in [1.807, 2.05) is 13.8 Å².